The van der Waals surface area contributed by atoms with E-state index in [4.69, 9.17) is 18.9 Å². The first-order valence-corrected chi connectivity index (χ1v) is 15.5. The van der Waals surface area contributed by atoms with Crippen molar-refractivity contribution in [1.29, 1.82) is 0 Å². The van der Waals surface area contributed by atoms with Crippen molar-refractivity contribution in [2.45, 2.75) is 64.5 Å². The van der Waals surface area contributed by atoms with Gasteiger partial charge in [0.15, 0.2) is 0 Å². The molecule has 0 fully saturated rings. The number of rotatable bonds is 17. The van der Waals surface area contributed by atoms with Gasteiger partial charge in [-0.15, -0.1) is 0 Å². The minimum absolute atomic E-state index is 0.0219. The van der Waals surface area contributed by atoms with Crippen LogP contribution in [0.15, 0.2) is 91.0 Å². The second-order valence-electron chi connectivity index (χ2n) is 11.9. The van der Waals surface area contributed by atoms with Crippen molar-refractivity contribution in [3.05, 3.63) is 108 Å². The molecule has 0 heterocycles. The Hall–Kier alpha value is -5.23. The molecule has 3 aromatic rings. The Bertz CT molecular complexity index is 1460. The van der Waals surface area contributed by atoms with Gasteiger partial charge in [0.25, 0.3) is 0 Å². The number of carbonyl (C=O) groups excluding carboxylic acids is 5. The van der Waals surface area contributed by atoms with E-state index in [1.54, 1.807) is 32.9 Å². The first kappa shape index (κ1) is 37.2. The molecule has 3 N–H and O–H groups in total. The van der Waals surface area contributed by atoms with Gasteiger partial charge in [-0.3, -0.25) is 14.4 Å². The van der Waals surface area contributed by atoms with E-state index in [0.29, 0.717) is 0 Å². The van der Waals surface area contributed by atoms with Gasteiger partial charge in [0.2, 0.25) is 11.8 Å². The lowest BCUT2D eigenvalue weighted by Gasteiger charge is -2.23. The van der Waals surface area contributed by atoms with Crippen LogP contribution >= 0.6 is 0 Å². The molecule has 256 valence electrons. The summed E-state index contributed by atoms with van der Waals surface area (Å²) >= 11 is 0. The monoisotopic (exact) mass is 661 g/mol. The van der Waals surface area contributed by atoms with E-state index in [-0.39, 0.29) is 32.7 Å². The predicted molar refractivity (Wildman–Crippen MR) is 176 cm³/mol. The molecule has 0 aliphatic carbocycles. The summed E-state index contributed by atoms with van der Waals surface area (Å²) in [6.07, 6.45) is -0.813. The van der Waals surface area contributed by atoms with Crippen LogP contribution in [0.4, 0.5) is 4.79 Å². The molecule has 1 unspecified atom stereocenters. The summed E-state index contributed by atoms with van der Waals surface area (Å²) in [5.74, 6) is -2.42. The average Bonchev–Trinajstić information content (AvgIpc) is 3.05. The Morgan fingerprint density at radius 1 is 0.688 bits per heavy atom. The van der Waals surface area contributed by atoms with E-state index < -0.39 is 60.7 Å². The number of benzene rings is 3. The Morgan fingerprint density at radius 3 is 1.79 bits per heavy atom. The highest BCUT2D eigenvalue weighted by Gasteiger charge is 2.25. The maximum atomic E-state index is 12.9. The molecule has 0 aromatic heterocycles. The fraction of sp³-hybridized carbons (Fsp3) is 0.361. The van der Waals surface area contributed by atoms with Crippen molar-refractivity contribution in [3.63, 3.8) is 0 Å². The molecular formula is C36H43N3O9. The summed E-state index contributed by atoms with van der Waals surface area (Å²) in [7, 11) is 0. The van der Waals surface area contributed by atoms with E-state index in [2.05, 4.69) is 16.0 Å². The van der Waals surface area contributed by atoms with Crippen LogP contribution in [0.25, 0.3) is 0 Å². The molecule has 3 aromatic carbocycles. The topological polar surface area (TPSA) is 158 Å². The highest BCUT2D eigenvalue weighted by molar-refractivity contribution is 5.88. The molecule has 0 aliphatic rings. The lowest BCUT2D eigenvalue weighted by atomic mass is 10.1. The molecule has 12 nitrogen and oxygen atoms in total. The van der Waals surface area contributed by atoms with Gasteiger partial charge in [-0.05, 0) is 37.5 Å². The zero-order valence-corrected chi connectivity index (χ0v) is 27.4. The lowest BCUT2D eigenvalue weighted by molar-refractivity contribution is -0.155. The van der Waals surface area contributed by atoms with Crippen molar-refractivity contribution in [1.82, 2.24) is 16.0 Å². The maximum Gasteiger partial charge on any atom is 0.407 e. The fourth-order valence-corrected chi connectivity index (χ4v) is 4.31. The second-order valence-corrected chi connectivity index (χ2v) is 11.9. The van der Waals surface area contributed by atoms with Crippen LogP contribution in [0.1, 0.15) is 43.9 Å². The van der Waals surface area contributed by atoms with Gasteiger partial charge in [0.1, 0.15) is 31.5 Å². The molecule has 3 rings (SSSR count). The van der Waals surface area contributed by atoms with Crippen molar-refractivity contribution in [2.24, 2.45) is 0 Å². The van der Waals surface area contributed by atoms with Crippen LogP contribution in [0, 0.1) is 0 Å². The smallest absolute Gasteiger partial charge is 0.407 e. The van der Waals surface area contributed by atoms with Gasteiger partial charge in [-0.1, -0.05) is 91.0 Å². The third kappa shape index (κ3) is 15.4. The SMILES string of the molecule is CC(C)(C)OC(=O)CC(COCC(=O)NCC(=O)N[C@@H](Cc1ccccc1)C(=O)OCc1ccccc1)NC(=O)OCc1ccccc1. The zero-order chi connectivity index (χ0) is 34.8. The number of esters is 2. The van der Waals surface area contributed by atoms with Crippen LogP contribution < -0.4 is 16.0 Å². The maximum absolute atomic E-state index is 12.9. The van der Waals surface area contributed by atoms with Gasteiger partial charge >= 0.3 is 18.0 Å². The number of hydrogen-bond donors (Lipinski definition) is 3. The number of amides is 3. The van der Waals surface area contributed by atoms with E-state index >= 15 is 0 Å². The number of nitrogens with one attached hydrogen (secondary N) is 3. The Balaban J connectivity index is 1.48. The largest absolute Gasteiger partial charge is 0.460 e. The summed E-state index contributed by atoms with van der Waals surface area (Å²) in [5, 5.41) is 7.65. The normalized spacial score (nSPS) is 12.1. The molecule has 3 amide bonds. The predicted octanol–water partition coefficient (Wildman–Crippen LogP) is 3.62. The summed E-state index contributed by atoms with van der Waals surface area (Å²) in [5.41, 5.74) is 1.66. The standard InChI is InChI=1S/C36H43N3O9/c1-36(2,3)48-33(42)20-29(38-35(44)47-23-28-17-11-6-12-18-28)24-45-25-32(41)37-21-31(40)39-30(19-26-13-7-4-8-14-26)34(43)46-22-27-15-9-5-10-16-27/h4-18,29-30H,19-25H2,1-3H3,(H,37,41)(H,38,44)(H,39,40)/t29?,30-/m0/s1. The minimum atomic E-state index is -0.988. The van der Waals surface area contributed by atoms with E-state index in [1.807, 2.05) is 78.9 Å². The van der Waals surface area contributed by atoms with Crippen LogP contribution in [-0.2, 0) is 57.8 Å². The minimum Gasteiger partial charge on any atom is -0.460 e. The summed E-state index contributed by atoms with van der Waals surface area (Å²) in [6, 6.07) is 25.5. The quantitative estimate of drug-likeness (QED) is 0.145. The van der Waals surface area contributed by atoms with Crippen LogP contribution in [-0.4, -0.2) is 67.3 Å². The number of carbonyl (C=O) groups is 5. The Kier molecular flexibility index (Phi) is 15.1. The first-order chi connectivity index (χ1) is 23.0. The highest BCUT2D eigenvalue weighted by atomic mass is 16.6. The molecule has 0 saturated carbocycles. The van der Waals surface area contributed by atoms with Crippen molar-refractivity contribution < 1.29 is 42.9 Å². The van der Waals surface area contributed by atoms with Gasteiger partial charge in [0, 0.05) is 6.42 Å². The molecule has 0 saturated heterocycles. The lowest BCUT2D eigenvalue weighted by Crippen LogP contribution is -2.47. The fourth-order valence-electron chi connectivity index (χ4n) is 4.31. The van der Waals surface area contributed by atoms with Crippen LogP contribution in [0.2, 0.25) is 0 Å². The van der Waals surface area contributed by atoms with Gasteiger partial charge in [-0.25, -0.2) is 9.59 Å². The van der Waals surface area contributed by atoms with Gasteiger partial charge < -0.3 is 34.9 Å². The van der Waals surface area contributed by atoms with E-state index in [0.717, 1.165) is 16.7 Å². The summed E-state index contributed by atoms with van der Waals surface area (Å²) < 4.78 is 21.5. The van der Waals surface area contributed by atoms with E-state index in [1.165, 1.54) is 0 Å². The number of hydrogen-bond acceptors (Lipinski definition) is 9. The first-order valence-electron chi connectivity index (χ1n) is 15.5. The van der Waals surface area contributed by atoms with Crippen molar-refractivity contribution >= 4 is 29.8 Å². The number of alkyl carbamates (subject to hydrolysis) is 1. The molecule has 0 aliphatic heterocycles. The van der Waals surface area contributed by atoms with Crippen molar-refractivity contribution in [2.75, 3.05) is 19.8 Å². The van der Waals surface area contributed by atoms with Crippen LogP contribution in [0.5, 0.6) is 0 Å². The Labute approximate surface area is 280 Å². The molecule has 0 spiro atoms. The molecule has 0 bridgehead atoms. The highest BCUT2D eigenvalue weighted by Crippen LogP contribution is 2.11. The third-order valence-electron chi connectivity index (χ3n) is 6.49. The third-order valence-corrected chi connectivity index (χ3v) is 6.49. The molecular weight excluding hydrogens is 618 g/mol. The summed E-state index contributed by atoms with van der Waals surface area (Å²) in [6.45, 7) is 4.11. The van der Waals surface area contributed by atoms with Crippen LogP contribution in [0.3, 0.4) is 0 Å². The molecule has 12 heteroatoms. The average molecular weight is 662 g/mol. The van der Waals surface area contributed by atoms with Crippen molar-refractivity contribution in [3.8, 4) is 0 Å². The van der Waals surface area contributed by atoms with Gasteiger partial charge in [0.05, 0.1) is 25.6 Å². The van der Waals surface area contributed by atoms with E-state index in [9.17, 15) is 24.0 Å². The molecule has 48 heavy (non-hydrogen) atoms. The zero-order valence-electron chi connectivity index (χ0n) is 27.4. The second kappa shape index (κ2) is 19.4. The molecule has 2 atom stereocenters. The number of ether oxygens (including phenoxy) is 4. The Morgan fingerprint density at radius 2 is 1.23 bits per heavy atom. The van der Waals surface area contributed by atoms with Gasteiger partial charge in [-0.2, -0.15) is 0 Å². The molecule has 0 radical (unpaired) electrons. The summed E-state index contributed by atoms with van der Waals surface area (Å²) in [4.78, 5) is 63.0.